The van der Waals surface area contributed by atoms with Crippen LogP contribution >= 0.6 is 0 Å². The molecule has 90 valence electrons. The molecule has 1 heterocycles. The summed E-state index contributed by atoms with van der Waals surface area (Å²) in [5.41, 5.74) is 0.591. The zero-order chi connectivity index (χ0) is 11.9. The molecule has 0 radical (unpaired) electrons. The lowest BCUT2D eigenvalue weighted by Crippen LogP contribution is -2.26. The lowest BCUT2D eigenvalue weighted by atomic mass is 10.1. The van der Waals surface area contributed by atoms with Gasteiger partial charge in [-0.25, -0.2) is 0 Å². The Bertz CT molecular complexity index is 303. The van der Waals surface area contributed by atoms with Gasteiger partial charge in [0.2, 0.25) is 0 Å². The Morgan fingerprint density at radius 1 is 1.38 bits per heavy atom. The summed E-state index contributed by atoms with van der Waals surface area (Å²) in [6.07, 6.45) is 3.78. The van der Waals surface area contributed by atoms with Gasteiger partial charge in [-0.05, 0) is 23.3 Å². The van der Waals surface area contributed by atoms with Gasteiger partial charge in [-0.3, -0.25) is 9.69 Å². The lowest BCUT2D eigenvalue weighted by molar-refractivity contribution is -0.117. The van der Waals surface area contributed by atoms with Crippen LogP contribution < -0.4 is 0 Å². The Morgan fingerprint density at radius 3 is 2.44 bits per heavy atom. The highest BCUT2D eigenvalue weighted by atomic mass is 16.1. The van der Waals surface area contributed by atoms with E-state index in [0.29, 0.717) is 5.41 Å². The minimum absolute atomic E-state index is 0.127. The number of hydrogen-bond donors (Lipinski definition) is 0. The summed E-state index contributed by atoms with van der Waals surface area (Å²) >= 11 is 0. The van der Waals surface area contributed by atoms with Gasteiger partial charge in [0.05, 0.1) is 0 Å². The second-order valence-electron chi connectivity index (χ2n) is 6.21. The molecule has 2 atom stereocenters. The smallest absolute Gasteiger partial charge is 0.157 e. The number of allylic oxidation sites excluding steroid dienone is 1. The van der Waals surface area contributed by atoms with Crippen LogP contribution in [0.25, 0.3) is 0 Å². The van der Waals surface area contributed by atoms with Crippen molar-refractivity contribution in [1.29, 1.82) is 0 Å². The summed E-state index contributed by atoms with van der Waals surface area (Å²) in [7, 11) is 0. The highest BCUT2D eigenvalue weighted by molar-refractivity contribution is 5.91. The summed E-state index contributed by atoms with van der Waals surface area (Å²) in [5, 5.41) is 0. The Labute approximate surface area is 98.7 Å². The third kappa shape index (κ3) is 2.08. The van der Waals surface area contributed by atoms with Crippen LogP contribution in [0, 0.1) is 23.2 Å². The fourth-order valence-corrected chi connectivity index (χ4v) is 2.87. The molecule has 1 saturated carbocycles. The number of carbonyl (C=O) groups excluding carboxylic acids is 1. The molecule has 1 saturated heterocycles. The van der Waals surface area contributed by atoms with Gasteiger partial charge in [-0.1, -0.05) is 33.8 Å². The minimum Gasteiger partial charge on any atom is -0.299 e. The summed E-state index contributed by atoms with van der Waals surface area (Å²) < 4.78 is 0. The van der Waals surface area contributed by atoms with Gasteiger partial charge >= 0.3 is 0 Å². The molecule has 0 spiro atoms. The van der Waals surface area contributed by atoms with Crippen LogP contribution in [0.3, 0.4) is 0 Å². The molecule has 2 fully saturated rings. The van der Waals surface area contributed by atoms with Crippen molar-refractivity contribution in [2.45, 2.75) is 27.7 Å². The molecule has 1 aliphatic carbocycles. The maximum absolute atomic E-state index is 11.4. The number of fused-ring (bicyclic) bond motifs is 1. The van der Waals surface area contributed by atoms with Crippen molar-refractivity contribution >= 4 is 5.78 Å². The van der Waals surface area contributed by atoms with Crippen molar-refractivity contribution in [3.8, 4) is 0 Å². The van der Waals surface area contributed by atoms with E-state index in [4.69, 9.17) is 0 Å². The monoisotopic (exact) mass is 221 g/mol. The first kappa shape index (κ1) is 11.8. The van der Waals surface area contributed by atoms with Crippen LogP contribution in [0.15, 0.2) is 12.2 Å². The molecular formula is C14H23NO. The lowest BCUT2D eigenvalue weighted by Gasteiger charge is -2.19. The molecule has 0 aromatic rings. The average molecular weight is 221 g/mol. The Hall–Kier alpha value is -0.630. The molecule has 2 aliphatic rings. The normalized spacial score (nSPS) is 32.3. The molecule has 2 unspecified atom stereocenters. The van der Waals surface area contributed by atoms with Crippen molar-refractivity contribution in [2.24, 2.45) is 23.2 Å². The molecule has 2 nitrogen and oxygen atoms in total. The van der Waals surface area contributed by atoms with E-state index in [1.54, 1.807) is 6.08 Å². The molecule has 0 aromatic heterocycles. The predicted molar refractivity (Wildman–Crippen MR) is 66.2 cm³/mol. The van der Waals surface area contributed by atoms with Gasteiger partial charge in [0.25, 0.3) is 0 Å². The van der Waals surface area contributed by atoms with Gasteiger partial charge < -0.3 is 0 Å². The highest BCUT2D eigenvalue weighted by Gasteiger charge is 2.61. The molecule has 2 heteroatoms. The van der Waals surface area contributed by atoms with Crippen LogP contribution in [-0.4, -0.2) is 30.3 Å². The standard InChI is InChI=1S/C14H23NO/c1-10(2)13(16)6-5-7-15-8-11-12(9-15)14(11,3)4/h5-6,10-12H,7-9H2,1-4H3/b6-5+. The first-order chi connectivity index (χ1) is 7.43. The SMILES string of the molecule is CC(C)C(=O)/C=C/CN1CC2C(C1)C2(C)C. The van der Waals surface area contributed by atoms with E-state index in [1.165, 1.54) is 13.1 Å². The van der Waals surface area contributed by atoms with Crippen LogP contribution in [0.1, 0.15) is 27.7 Å². The first-order valence-electron chi connectivity index (χ1n) is 6.35. The zero-order valence-electron chi connectivity index (χ0n) is 10.9. The number of rotatable bonds is 4. The highest BCUT2D eigenvalue weighted by Crippen LogP contribution is 2.61. The predicted octanol–water partition coefficient (Wildman–Crippen LogP) is 2.36. The average Bonchev–Trinajstić information content (AvgIpc) is 2.63. The Morgan fingerprint density at radius 2 is 1.94 bits per heavy atom. The molecule has 16 heavy (non-hydrogen) atoms. The van der Waals surface area contributed by atoms with Crippen LogP contribution in [0.4, 0.5) is 0 Å². The second-order valence-corrected chi connectivity index (χ2v) is 6.21. The van der Waals surface area contributed by atoms with Gasteiger partial charge in [0.1, 0.15) is 0 Å². The number of nitrogens with zero attached hydrogens (tertiary/aromatic N) is 1. The quantitative estimate of drug-likeness (QED) is 0.679. The van der Waals surface area contributed by atoms with Crippen LogP contribution in [0.2, 0.25) is 0 Å². The number of ketones is 1. The molecular weight excluding hydrogens is 198 g/mol. The van der Waals surface area contributed by atoms with Crippen LogP contribution in [0.5, 0.6) is 0 Å². The maximum Gasteiger partial charge on any atom is 0.157 e. The fourth-order valence-electron chi connectivity index (χ4n) is 2.87. The number of carbonyl (C=O) groups is 1. The van der Waals surface area contributed by atoms with Gasteiger partial charge in [-0.15, -0.1) is 0 Å². The van der Waals surface area contributed by atoms with E-state index < -0.39 is 0 Å². The maximum atomic E-state index is 11.4. The minimum atomic E-state index is 0.127. The third-order valence-corrected chi connectivity index (χ3v) is 4.41. The van der Waals surface area contributed by atoms with Crippen molar-refractivity contribution in [3.63, 3.8) is 0 Å². The largest absolute Gasteiger partial charge is 0.299 e. The van der Waals surface area contributed by atoms with Crippen molar-refractivity contribution in [2.75, 3.05) is 19.6 Å². The van der Waals surface area contributed by atoms with Crippen molar-refractivity contribution in [1.82, 2.24) is 4.90 Å². The summed E-state index contributed by atoms with van der Waals surface area (Å²) in [5.74, 6) is 2.18. The number of piperidine rings is 1. The zero-order valence-corrected chi connectivity index (χ0v) is 10.9. The summed E-state index contributed by atoms with van der Waals surface area (Å²) in [6, 6.07) is 0. The third-order valence-electron chi connectivity index (χ3n) is 4.41. The van der Waals surface area contributed by atoms with Gasteiger partial charge in [0, 0.05) is 25.6 Å². The molecule has 0 bridgehead atoms. The van der Waals surface area contributed by atoms with Crippen LogP contribution in [-0.2, 0) is 4.79 Å². The second kappa shape index (κ2) is 3.99. The van der Waals surface area contributed by atoms with E-state index >= 15 is 0 Å². The first-order valence-corrected chi connectivity index (χ1v) is 6.35. The summed E-state index contributed by atoms with van der Waals surface area (Å²) in [6.45, 7) is 12.0. The number of hydrogen-bond acceptors (Lipinski definition) is 2. The van der Waals surface area contributed by atoms with E-state index in [9.17, 15) is 4.79 Å². The molecule has 2 rings (SSSR count). The number of likely N-dealkylation sites (tertiary alicyclic amines) is 1. The molecule has 0 aromatic carbocycles. The van der Waals surface area contributed by atoms with Gasteiger partial charge in [-0.2, -0.15) is 0 Å². The Balaban J connectivity index is 1.72. The van der Waals surface area contributed by atoms with Crippen molar-refractivity contribution < 1.29 is 4.79 Å². The van der Waals surface area contributed by atoms with Crippen molar-refractivity contribution in [3.05, 3.63) is 12.2 Å². The van der Waals surface area contributed by atoms with E-state index in [0.717, 1.165) is 18.4 Å². The van der Waals surface area contributed by atoms with E-state index in [-0.39, 0.29) is 11.7 Å². The van der Waals surface area contributed by atoms with Gasteiger partial charge in [0.15, 0.2) is 5.78 Å². The van der Waals surface area contributed by atoms with E-state index in [1.807, 2.05) is 19.9 Å². The topological polar surface area (TPSA) is 20.3 Å². The fraction of sp³-hybridized carbons (Fsp3) is 0.786. The molecule has 0 N–H and O–H groups in total. The Kier molecular flexibility index (Phi) is 2.95. The summed E-state index contributed by atoms with van der Waals surface area (Å²) in [4.78, 5) is 13.9. The van der Waals surface area contributed by atoms with E-state index in [2.05, 4.69) is 18.7 Å². The molecule has 0 amide bonds. The molecule has 1 aliphatic heterocycles.